The second-order valence-corrected chi connectivity index (χ2v) is 5.07. The fraction of sp³-hybridized carbons (Fsp3) is 1.00. The molecular formula is C12H22O2. The Bertz CT molecular complexity index is 161. The molecule has 14 heavy (non-hydrogen) atoms. The van der Waals surface area contributed by atoms with Gasteiger partial charge in [0.25, 0.3) is 0 Å². The number of fused-ring (bicyclic) bond motifs is 1. The van der Waals surface area contributed by atoms with E-state index in [1.54, 1.807) is 0 Å². The fourth-order valence-corrected chi connectivity index (χ4v) is 3.67. The van der Waals surface area contributed by atoms with Gasteiger partial charge in [0.05, 0.1) is 0 Å². The van der Waals surface area contributed by atoms with Crippen LogP contribution in [-0.4, -0.2) is 23.4 Å². The Kier molecular flexibility index (Phi) is 3.45. The number of rotatable bonds is 2. The Morgan fingerprint density at radius 2 is 1.14 bits per heavy atom. The molecule has 0 spiro atoms. The van der Waals surface area contributed by atoms with E-state index in [4.69, 9.17) is 0 Å². The molecule has 2 saturated carbocycles. The van der Waals surface area contributed by atoms with Crippen LogP contribution >= 0.6 is 0 Å². The lowest BCUT2D eigenvalue weighted by Gasteiger charge is -2.45. The maximum atomic E-state index is 9.33. The monoisotopic (exact) mass is 198 g/mol. The molecule has 0 aromatic carbocycles. The van der Waals surface area contributed by atoms with Gasteiger partial charge < -0.3 is 10.2 Å². The highest BCUT2D eigenvalue weighted by Crippen LogP contribution is 2.46. The SMILES string of the molecule is OCC1CCC(CO)C2CCCCC12. The Labute approximate surface area is 86.3 Å². The highest BCUT2D eigenvalue weighted by atomic mass is 16.3. The van der Waals surface area contributed by atoms with E-state index in [9.17, 15) is 10.2 Å². The molecule has 2 rings (SSSR count). The van der Waals surface area contributed by atoms with E-state index in [2.05, 4.69) is 0 Å². The van der Waals surface area contributed by atoms with Gasteiger partial charge >= 0.3 is 0 Å². The molecule has 0 bridgehead atoms. The Hall–Kier alpha value is -0.0800. The zero-order valence-electron chi connectivity index (χ0n) is 8.86. The lowest BCUT2D eigenvalue weighted by molar-refractivity contribution is -0.000416. The molecule has 82 valence electrons. The third-order valence-corrected chi connectivity index (χ3v) is 4.46. The minimum Gasteiger partial charge on any atom is -0.396 e. The first-order valence-corrected chi connectivity index (χ1v) is 6.08. The van der Waals surface area contributed by atoms with Gasteiger partial charge in [-0.25, -0.2) is 0 Å². The minimum atomic E-state index is 0.360. The topological polar surface area (TPSA) is 40.5 Å². The summed E-state index contributed by atoms with van der Waals surface area (Å²) in [5.41, 5.74) is 0. The van der Waals surface area contributed by atoms with Crippen LogP contribution in [0.5, 0.6) is 0 Å². The van der Waals surface area contributed by atoms with Crippen LogP contribution in [0.25, 0.3) is 0 Å². The van der Waals surface area contributed by atoms with E-state index in [0.29, 0.717) is 36.9 Å². The number of aliphatic hydroxyl groups is 2. The Balaban J connectivity index is 2.05. The van der Waals surface area contributed by atoms with Crippen molar-refractivity contribution in [2.45, 2.75) is 38.5 Å². The smallest absolute Gasteiger partial charge is 0.0462 e. The van der Waals surface area contributed by atoms with Gasteiger partial charge in [-0.15, -0.1) is 0 Å². The molecular weight excluding hydrogens is 176 g/mol. The fourth-order valence-electron chi connectivity index (χ4n) is 3.67. The third-order valence-electron chi connectivity index (χ3n) is 4.46. The number of hydrogen-bond donors (Lipinski definition) is 2. The lowest BCUT2D eigenvalue weighted by atomic mass is 9.61. The molecule has 0 saturated heterocycles. The highest BCUT2D eigenvalue weighted by Gasteiger charge is 2.39. The molecule has 0 aliphatic heterocycles. The van der Waals surface area contributed by atoms with E-state index in [1.807, 2.05) is 0 Å². The molecule has 2 N–H and O–H groups in total. The zero-order valence-corrected chi connectivity index (χ0v) is 8.86. The summed E-state index contributed by atoms with van der Waals surface area (Å²) in [4.78, 5) is 0. The van der Waals surface area contributed by atoms with Crippen LogP contribution < -0.4 is 0 Å². The molecule has 0 aromatic rings. The predicted octanol–water partition coefficient (Wildman–Crippen LogP) is 1.80. The summed E-state index contributed by atoms with van der Waals surface area (Å²) in [6, 6.07) is 0. The summed E-state index contributed by atoms with van der Waals surface area (Å²) in [6.07, 6.45) is 7.48. The van der Waals surface area contributed by atoms with Crippen LogP contribution in [0.1, 0.15) is 38.5 Å². The molecule has 4 atom stereocenters. The van der Waals surface area contributed by atoms with Crippen LogP contribution in [0, 0.1) is 23.7 Å². The molecule has 2 aliphatic rings. The molecule has 2 heteroatoms. The molecule has 4 unspecified atom stereocenters. The van der Waals surface area contributed by atoms with Gasteiger partial charge in [-0.05, 0) is 49.4 Å². The lowest BCUT2D eigenvalue weighted by Crippen LogP contribution is -2.39. The van der Waals surface area contributed by atoms with Gasteiger partial charge in [-0.1, -0.05) is 12.8 Å². The van der Waals surface area contributed by atoms with Crippen molar-refractivity contribution in [3.8, 4) is 0 Å². The number of hydrogen-bond acceptors (Lipinski definition) is 2. The Morgan fingerprint density at radius 1 is 0.714 bits per heavy atom. The van der Waals surface area contributed by atoms with Crippen LogP contribution in [0.15, 0.2) is 0 Å². The highest BCUT2D eigenvalue weighted by molar-refractivity contribution is 4.89. The van der Waals surface area contributed by atoms with Crippen molar-refractivity contribution >= 4 is 0 Å². The normalized spacial score (nSPS) is 43.3. The summed E-state index contributed by atoms with van der Waals surface area (Å²) < 4.78 is 0. The van der Waals surface area contributed by atoms with Crippen LogP contribution in [-0.2, 0) is 0 Å². The molecule has 0 radical (unpaired) electrons. The van der Waals surface area contributed by atoms with E-state index in [0.717, 1.165) is 12.8 Å². The van der Waals surface area contributed by atoms with Gasteiger partial charge in [0.1, 0.15) is 0 Å². The average molecular weight is 198 g/mol. The van der Waals surface area contributed by atoms with E-state index in [-0.39, 0.29) is 0 Å². The number of aliphatic hydroxyl groups excluding tert-OH is 2. The molecule has 2 nitrogen and oxygen atoms in total. The molecule has 0 amide bonds. The van der Waals surface area contributed by atoms with Crippen LogP contribution in [0.4, 0.5) is 0 Å². The van der Waals surface area contributed by atoms with Crippen molar-refractivity contribution in [3.63, 3.8) is 0 Å². The first-order chi connectivity index (χ1) is 6.86. The summed E-state index contributed by atoms with van der Waals surface area (Å²) in [5, 5.41) is 18.7. The molecule has 2 aliphatic carbocycles. The van der Waals surface area contributed by atoms with Crippen LogP contribution in [0.3, 0.4) is 0 Å². The largest absolute Gasteiger partial charge is 0.396 e. The van der Waals surface area contributed by atoms with Gasteiger partial charge in [0.2, 0.25) is 0 Å². The van der Waals surface area contributed by atoms with Gasteiger partial charge in [-0.3, -0.25) is 0 Å². The second-order valence-electron chi connectivity index (χ2n) is 5.07. The summed E-state index contributed by atoms with van der Waals surface area (Å²) in [6.45, 7) is 0.721. The minimum absolute atomic E-state index is 0.360. The molecule has 2 fully saturated rings. The molecule has 0 aromatic heterocycles. The zero-order chi connectivity index (χ0) is 9.97. The molecule has 0 heterocycles. The van der Waals surface area contributed by atoms with Crippen molar-refractivity contribution in [1.82, 2.24) is 0 Å². The Morgan fingerprint density at radius 3 is 1.50 bits per heavy atom. The van der Waals surface area contributed by atoms with E-state index in [1.165, 1.54) is 25.7 Å². The maximum absolute atomic E-state index is 9.33. The van der Waals surface area contributed by atoms with Crippen LogP contribution in [0.2, 0.25) is 0 Å². The van der Waals surface area contributed by atoms with Gasteiger partial charge in [-0.2, -0.15) is 0 Å². The summed E-state index contributed by atoms with van der Waals surface area (Å²) in [7, 11) is 0. The van der Waals surface area contributed by atoms with E-state index >= 15 is 0 Å². The first-order valence-electron chi connectivity index (χ1n) is 6.08. The summed E-state index contributed by atoms with van der Waals surface area (Å²) >= 11 is 0. The quantitative estimate of drug-likeness (QED) is 0.710. The van der Waals surface area contributed by atoms with Crippen molar-refractivity contribution in [2.75, 3.05) is 13.2 Å². The standard InChI is InChI=1S/C12H22O2/c13-7-9-5-6-10(8-14)12-4-2-1-3-11(9)12/h9-14H,1-8H2. The first kappa shape index (κ1) is 10.4. The van der Waals surface area contributed by atoms with Gasteiger partial charge in [0.15, 0.2) is 0 Å². The third kappa shape index (κ3) is 1.82. The average Bonchev–Trinajstić information content (AvgIpc) is 2.27. The second kappa shape index (κ2) is 4.63. The predicted molar refractivity (Wildman–Crippen MR) is 55.8 cm³/mol. The van der Waals surface area contributed by atoms with Gasteiger partial charge in [0, 0.05) is 13.2 Å². The van der Waals surface area contributed by atoms with E-state index < -0.39 is 0 Å². The summed E-state index contributed by atoms with van der Waals surface area (Å²) in [5.74, 6) is 2.48. The van der Waals surface area contributed by atoms with Crippen molar-refractivity contribution < 1.29 is 10.2 Å². The van der Waals surface area contributed by atoms with Crippen molar-refractivity contribution in [3.05, 3.63) is 0 Å². The van der Waals surface area contributed by atoms with Crippen molar-refractivity contribution in [1.29, 1.82) is 0 Å². The van der Waals surface area contributed by atoms with Crippen molar-refractivity contribution in [2.24, 2.45) is 23.7 Å². The maximum Gasteiger partial charge on any atom is 0.0462 e.